The van der Waals surface area contributed by atoms with E-state index in [1.165, 1.54) is 7.11 Å². The van der Waals surface area contributed by atoms with Gasteiger partial charge in [-0.15, -0.1) is 0 Å². The van der Waals surface area contributed by atoms with Crippen LogP contribution in [0.4, 0.5) is 13.2 Å². The smallest absolute Gasteiger partial charge is 0.383 e. The first-order chi connectivity index (χ1) is 9.33. The van der Waals surface area contributed by atoms with E-state index in [9.17, 15) is 22.8 Å². The molecule has 116 valence electrons. The molecule has 0 aromatic carbocycles. The molecule has 0 saturated carbocycles. The summed E-state index contributed by atoms with van der Waals surface area (Å²) in [6, 6.07) is 0. The maximum atomic E-state index is 13.0. The Bertz CT molecular complexity index is 355. The van der Waals surface area contributed by atoms with Crippen LogP contribution in [0.3, 0.4) is 0 Å². The van der Waals surface area contributed by atoms with Crippen LogP contribution in [-0.2, 0) is 14.3 Å². The zero-order valence-electron chi connectivity index (χ0n) is 11.1. The molecule has 6 nitrogen and oxygen atoms in total. The first-order valence-corrected chi connectivity index (χ1v) is 6.15. The van der Waals surface area contributed by atoms with E-state index in [4.69, 9.17) is 4.74 Å². The Morgan fingerprint density at radius 1 is 1.35 bits per heavy atom. The van der Waals surface area contributed by atoms with Gasteiger partial charge in [-0.2, -0.15) is 13.2 Å². The molecule has 0 bridgehead atoms. The van der Waals surface area contributed by atoms with Gasteiger partial charge in [-0.3, -0.25) is 9.59 Å². The number of hydrogen-bond donors (Lipinski definition) is 3. The fourth-order valence-corrected chi connectivity index (χ4v) is 1.94. The molecule has 1 rings (SSSR count). The first-order valence-electron chi connectivity index (χ1n) is 6.15. The maximum Gasteiger partial charge on any atom is 0.404 e. The summed E-state index contributed by atoms with van der Waals surface area (Å²) in [5.41, 5.74) is -2.44. The van der Waals surface area contributed by atoms with Crippen LogP contribution in [0.5, 0.6) is 0 Å². The lowest BCUT2D eigenvalue weighted by molar-refractivity contribution is -0.216. The van der Waals surface area contributed by atoms with Crippen LogP contribution in [-0.4, -0.2) is 57.9 Å². The minimum atomic E-state index is -4.65. The molecule has 3 N–H and O–H groups in total. The van der Waals surface area contributed by atoms with Crippen molar-refractivity contribution >= 4 is 11.8 Å². The Morgan fingerprint density at radius 3 is 2.55 bits per heavy atom. The van der Waals surface area contributed by atoms with Gasteiger partial charge in [-0.1, -0.05) is 0 Å². The highest BCUT2D eigenvalue weighted by atomic mass is 19.4. The average molecular weight is 297 g/mol. The summed E-state index contributed by atoms with van der Waals surface area (Å²) >= 11 is 0. The zero-order chi connectivity index (χ0) is 15.2. The van der Waals surface area contributed by atoms with Gasteiger partial charge >= 0.3 is 6.18 Å². The topological polar surface area (TPSA) is 79.5 Å². The summed E-state index contributed by atoms with van der Waals surface area (Å²) in [5, 5.41) is 6.98. The second-order valence-electron chi connectivity index (χ2n) is 4.53. The van der Waals surface area contributed by atoms with Crippen LogP contribution in [0.25, 0.3) is 0 Å². The molecule has 0 spiro atoms. The summed E-state index contributed by atoms with van der Waals surface area (Å²) < 4.78 is 43.8. The van der Waals surface area contributed by atoms with Crippen LogP contribution in [0.2, 0.25) is 0 Å². The minimum Gasteiger partial charge on any atom is -0.383 e. The van der Waals surface area contributed by atoms with Crippen molar-refractivity contribution in [2.24, 2.45) is 5.41 Å². The lowest BCUT2D eigenvalue weighted by Crippen LogP contribution is -2.53. The third-order valence-electron chi connectivity index (χ3n) is 3.17. The molecular weight excluding hydrogens is 279 g/mol. The zero-order valence-corrected chi connectivity index (χ0v) is 11.1. The third-order valence-corrected chi connectivity index (χ3v) is 3.17. The van der Waals surface area contributed by atoms with Gasteiger partial charge < -0.3 is 20.7 Å². The van der Waals surface area contributed by atoms with Gasteiger partial charge in [0.25, 0.3) is 0 Å². The maximum absolute atomic E-state index is 13.0. The van der Waals surface area contributed by atoms with Crippen LogP contribution >= 0.6 is 0 Å². The summed E-state index contributed by atoms with van der Waals surface area (Å²) in [4.78, 5) is 23.1. The van der Waals surface area contributed by atoms with E-state index in [1.54, 1.807) is 0 Å². The molecule has 2 amide bonds. The molecule has 1 unspecified atom stereocenters. The fraction of sp³-hybridized carbons (Fsp3) is 0.818. The van der Waals surface area contributed by atoms with Gasteiger partial charge in [-0.05, 0) is 13.0 Å². The van der Waals surface area contributed by atoms with Crippen LogP contribution in [0.15, 0.2) is 0 Å². The van der Waals surface area contributed by atoms with Crippen molar-refractivity contribution in [3.8, 4) is 0 Å². The van der Waals surface area contributed by atoms with Crippen molar-refractivity contribution in [1.29, 1.82) is 0 Å². The van der Waals surface area contributed by atoms with E-state index >= 15 is 0 Å². The summed E-state index contributed by atoms with van der Waals surface area (Å²) in [6.45, 7) is -0.311. The van der Waals surface area contributed by atoms with Crippen molar-refractivity contribution in [3.63, 3.8) is 0 Å². The summed E-state index contributed by atoms with van der Waals surface area (Å²) in [5.74, 6) is -1.73. The molecule has 0 aliphatic carbocycles. The highest BCUT2D eigenvalue weighted by Gasteiger charge is 2.61. The second-order valence-corrected chi connectivity index (χ2v) is 4.53. The molecule has 1 heterocycles. The molecule has 1 atom stereocenters. The number of rotatable bonds is 6. The van der Waals surface area contributed by atoms with Crippen molar-refractivity contribution < 1.29 is 27.5 Å². The Hall–Kier alpha value is -1.35. The number of alkyl halides is 3. The molecule has 1 aliphatic rings. The molecular formula is C11H18F3N3O3. The third kappa shape index (κ3) is 3.83. The Labute approximate surface area is 114 Å². The highest BCUT2D eigenvalue weighted by molar-refractivity contribution is 5.88. The molecule has 9 heteroatoms. The van der Waals surface area contributed by atoms with Crippen LogP contribution in [0, 0.1) is 5.41 Å². The number of carbonyl (C=O) groups is 2. The van der Waals surface area contributed by atoms with Gasteiger partial charge in [0.2, 0.25) is 11.8 Å². The Kier molecular flexibility index (Phi) is 5.75. The SMILES string of the molecule is COCCNC(=O)CNC(=O)C1(C(F)(F)F)CCNC1. The molecule has 20 heavy (non-hydrogen) atoms. The molecule has 1 aliphatic heterocycles. The molecule has 0 aromatic rings. The monoisotopic (exact) mass is 297 g/mol. The van der Waals surface area contributed by atoms with Crippen LogP contribution < -0.4 is 16.0 Å². The van der Waals surface area contributed by atoms with Gasteiger partial charge in [-0.25, -0.2) is 0 Å². The Morgan fingerprint density at radius 2 is 2.05 bits per heavy atom. The van der Waals surface area contributed by atoms with Gasteiger partial charge in [0.1, 0.15) is 0 Å². The van der Waals surface area contributed by atoms with Crippen molar-refractivity contribution in [3.05, 3.63) is 0 Å². The number of nitrogens with one attached hydrogen (secondary N) is 3. The number of carbonyl (C=O) groups excluding carboxylic acids is 2. The van der Waals surface area contributed by atoms with E-state index in [2.05, 4.69) is 10.6 Å². The Balaban J connectivity index is 2.50. The molecule has 0 aromatic heterocycles. The summed E-state index contributed by atoms with van der Waals surface area (Å²) in [7, 11) is 1.45. The molecule has 0 radical (unpaired) electrons. The van der Waals surface area contributed by atoms with Crippen molar-refractivity contribution in [1.82, 2.24) is 16.0 Å². The van der Waals surface area contributed by atoms with E-state index in [-0.39, 0.29) is 26.1 Å². The van der Waals surface area contributed by atoms with E-state index in [0.717, 1.165) is 0 Å². The van der Waals surface area contributed by atoms with Gasteiger partial charge in [0.05, 0.1) is 13.2 Å². The number of halogens is 3. The quantitative estimate of drug-likeness (QED) is 0.572. The predicted octanol–water partition coefficient (Wildman–Crippen LogP) is -0.593. The normalized spacial score (nSPS) is 22.6. The largest absolute Gasteiger partial charge is 0.404 e. The lowest BCUT2D eigenvalue weighted by Gasteiger charge is -2.29. The molecule has 1 saturated heterocycles. The fourth-order valence-electron chi connectivity index (χ4n) is 1.94. The number of ether oxygens (including phenoxy) is 1. The average Bonchev–Trinajstić information content (AvgIpc) is 2.86. The lowest BCUT2D eigenvalue weighted by atomic mass is 9.85. The van der Waals surface area contributed by atoms with Crippen LogP contribution in [0.1, 0.15) is 6.42 Å². The van der Waals surface area contributed by atoms with Gasteiger partial charge in [0, 0.05) is 20.2 Å². The highest BCUT2D eigenvalue weighted by Crippen LogP contribution is 2.43. The minimum absolute atomic E-state index is 0.118. The standard InChI is InChI=1S/C11H18F3N3O3/c1-20-5-4-16-8(18)6-17-9(19)10(11(12,13)14)2-3-15-7-10/h15H,2-7H2,1H3,(H,16,18)(H,17,19). The number of methoxy groups -OCH3 is 1. The summed E-state index contributed by atoms with van der Waals surface area (Å²) in [6.07, 6.45) is -4.97. The molecule has 1 fully saturated rings. The predicted molar refractivity (Wildman–Crippen MR) is 63.9 cm³/mol. The van der Waals surface area contributed by atoms with E-state index in [0.29, 0.717) is 0 Å². The van der Waals surface area contributed by atoms with Crippen molar-refractivity contribution in [2.75, 3.05) is 39.9 Å². The number of amides is 2. The van der Waals surface area contributed by atoms with Crippen molar-refractivity contribution in [2.45, 2.75) is 12.6 Å². The number of hydrogen-bond acceptors (Lipinski definition) is 4. The van der Waals surface area contributed by atoms with E-state index < -0.39 is 36.5 Å². The first kappa shape index (κ1) is 16.7. The van der Waals surface area contributed by atoms with E-state index in [1.807, 2.05) is 5.32 Å². The second kappa shape index (κ2) is 6.89. The van der Waals surface area contributed by atoms with Gasteiger partial charge in [0.15, 0.2) is 5.41 Å².